The van der Waals surface area contributed by atoms with Gasteiger partial charge in [-0.3, -0.25) is 28.8 Å². The summed E-state index contributed by atoms with van der Waals surface area (Å²) in [6, 6.07) is 21.4. The van der Waals surface area contributed by atoms with Gasteiger partial charge in [-0.05, 0) is 73.9 Å². The second-order valence-corrected chi connectivity index (χ2v) is 18.2. The molecule has 0 aromatic heterocycles. The number of amides is 6. The lowest BCUT2D eigenvalue weighted by atomic mass is 10.0. The molecule has 6 amide bonds. The van der Waals surface area contributed by atoms with Gasteiger partial charge >= 0.3 is 5.97 Å². The number of hydrogen-bond donors (Lipinski definition) is 8. The molecule has 16 heteroatoms. The van der Waals surface area contributed by atoms with Crippen LogP contribution in [0.5, 0.6) is 11.5 Å². The highest BCUT2D eigenvalue weighted by Crippen LogP contribution is 2.21. The van der Waals surface area contributed by atoms with Gasteiger partial charge in [-0.1, -0.05) is 139 Å². The van der Waals surface area contributed by atoms with Gasteiger partial charge in [-0.25, -0.2) is 4.79 Å². The number of hydrogen-bond acceptors (Lipinski definition) is 9. The van der Waals surface area contributed by atoms with Gasteiger partial charge in [0.05, 0.1) is 12.5 Å². The lowest BCUT2D eigenvalue weighted by Gasteiger charge is -2.25. The van der Waals surface area contributed by atoms with Crippen LogP contribution in [-0.4, -0.2) is 88.4 Å². The molecule has 0 aliphatic rings. The van der Waals surface area contributed by atoms with Crippen LogP contribution in [-0.2, 0) is 46.4 Å². The minimum absolute atomic E-state index is 0.0391. The number of benzene rings is 3. The third-order valence-electron chi connectivity index (χ3n) is 11.5. The molecule has 3 aromatic rings. The molecule has 3 rings (SSSR count). The molecule has 9 N–H and O–H groups in total. The van der Waals surface area contributed by atoms with E-state index >= 15 is 0 Å². The summed E-state index contributed by atoms with van der Waals surface area (Å²) in [4.78, 5) is 88.3. The Hall–Kier alpha value is -6.29. The van der Waals surface area contributed by atoms with Gasteiger partial charge in [-0.2, -0.15) is 0 Å². The number of unbranched alkanes of at least 4 members (excludes halogenated alkanes) is 11. The molecule has 0 saturated carbocycles. The zero-order chi connectivity index (χ0) is 50.4. The smallest absolute Gasteiger partial charge is 0.326 e. The zero-order valence-electron chi connectivity index (χ0n) is 40.7. The zero-order valence-corrected chi connectivity index (χ0v) is 40.7. The number of ether oxygens (including phenoxy) is 1. The van der Waals surface area contributed by atoms with Crippen LogP contribution < -0.4 is 37.1 Å². The fourth-order valence-corrected chi connectivity index (χ4v) is 7.76. The van der Waals surface area contributed by atoms with Crippen LogP contribution in [0.4, 0.5) is 0 Å². The van der Waals surface area contributed by atoms with E-state index in [1.807, 2.05) is 68.4 Å². The molecule has 0 radical (unpaired) electrons. The van der Waals surface area contributed by atoms with Crippen LogP contribution in [0.3, 0.4) is 0 Å². The Balaban J connectivity index is 1.24. The summed E-state index contributed by atoms with van der Waals surface area (Å²) in [5.74, 6) is -2.95. The van der Waals surface area contributed by atoms with E-state index in [9.17, 15) is 43.8 Å². The van der Waals surface area contributed by atoms with E-state index in [0.717, 1.165) is 75.5 Å². The molecule has 0 fully saturated rings. The first-order valence-corrected chi connectivity index (χ1v) is 24.6. The minimum atomic E-state index is -1.27. The number of aliphatic hydroxyl groups is 1. The number of aliphatic carboxylic acids is 1. The number of primary amides is 1. The van der Waals surface area contributed by atoms with E-state index in [1.165, 1.54) is 6.92 Å². The fourth-order valence-electron chi connectivity index (χ4n) is 7.76. The predicted molar refractivity (Wildman–Crippen MR) is 265 cm³/mol. The van der Waals surface area contributed by atoms with Crippen LogP contribution in [0, 0.1) is 5.92 Å². The van der Waals surface area contributed by atoms with Gasteiger partial charge in [0.25, 0.3) is 0 Å². The Morgan fingerprint density at radius 1 is 0.551 bits per heavy atom. The van der Waals surface area contributed by atoms with E-state index < -0.39 is 66.3 Å². The maximum Gasteiger partial charge on any atom is 0.326 e. The van der Waals surface area contributed by atoms with Crippen LogP contribution in [0.2, 0.25) is 0 Å². The first kappa shape index (κ1) is 57.0. The summed E-state index contributed by atoms with van der Waals surface area (Å²) in [5.41, 5.74) is 7.03. The minimum Gasteiger partial charge on any atom is -0.480 e. The standard InChI is InChI=1S/C53H76N6O10/c1-37(2)34-43(50(64)55-33-32-39-28-30-42(31-29-39)69-41-24-18-15-19-25-41)57-52(66)49(38(3)60)59-48(63)27-21-13-11-9-7-5-4-6-8-10-12-20-26-47(62)56-44(36-46(54)61)51(65)58-45(53(67)68)35-40-22-16-14-17-23-40/h14-19,22-25,28-31,37-38,43-45,49,60H,4-13,20-21,26-27,32-36H2,1-3H3,(H2,54,61)(H,55,64)(H,56,62)(H,57,66)(H,58,65)(H,59,63)(H,67,68)/t38?,43-,44-,45-,49-/m0/s1. The second-order valence-electron chi connectivity index (χ2n) is 18.2. The quantitative estimate of drug-likeness (QED) is 0.0311. The molecule has 16 nitrogen and oxygen atoms in total. The van der Waals surface area contributed by atoms with Crippen molar-refractivity contribution < 1.29 is 48.5 Å². The van der Waals surface area contributed by atoms with Crippen LogP contribution in [0.1, 0.15) is 135 Å². The number of carboxylic acid groups (broad SMARTS) is 1. The monoisotopic (exact) mass is 957 g/mol. The van der Waals surface area contributed by atoms with Gasteiger partial charge in [0, 0.05) is 25.8 Å². The molecule has 0 heterocycles. The molecule has 69 heavy (non-hydrogen) atoms. The summed E-state index contributed by atoms with van der Waals surface area (Å²) >= 11 is 0. The van der Waals surface area contributed by atoms with Crippen molar-refractivity contribution in [3.63, 3.8) is 0 Å². The number of carbonyl (C=O) groups is 7. The predicted octanol–water partition coefficient (Wildman–Crippen LogP) is 6.17. The first-order chi connectivity index (χ1) is 33.1. The van der Waals surface area contributed by atoms with E-state index in [1.54, 1.807) is 30.3 Å². The van der Waals surface area contributed by atoms with Crippen molar-refractivity contribution in [3.05, 3.63) is 96.1 Å². The third-order valence-corrected chi connectivity index (χ3v) is 11.5. The van der Waals surface area contributed by atoms with Gasteiger partial charge in [0.15, 0.2) is 0 Å². The third kappa shape index (κ3) is 24.5. The maximum atomic E-state index is 13.3. The first-order valence-electron chi connectivity index (χ1n) is 24.6. The van der Waals surface area contributed by atoms with E-state index in [2.05, 4.69) is 26.6 Å². The Labute approximate surface area is 407 Å². The molecule has 378 valence electrons. The molecule has 0 spiro atoms. The summed E-state index contributed by atoms with van der Waals surface area (Å²) in [5, 5.41) is 33.4. The van der Waals surface area contributed by atoms with E-state index in [4.69, 9.17) is 10.5 Å². The van der Waals surface area contributed by atoms with Crippen molar-refractivity contribution >= 4 is 41.4 Å². The molecule has 0 saturated heterocycles. The molecular weight excluding hydrogens is 881 g/mol. The normalized spacial score (nSPS) is 13.2. The molecule has 0 aliphatic heterocycles. The van der Waals surface area contributed by atoms with Crippen molar-refractivity contribution in [2.75, 3.05) is 6.54 Å². The number of carbonyl (C=O) groups excluding carboxylic acids is 6. The molecule has 3 aromatic carbocycles. The van der Waals surface area contributed by atoms with Gasteiger partial charge in [0.1, 0.15) is 35.7 Å². The van der Waals surface area contributed by atoms with E-state index in [0.29, 0.717) is 43.5 Å². The number of aliphatic hydroxyl groups excluding tert-OH is 1. The Bertz CT molecular complexity index is 2020. The number of rotatable bonds is 35. The van der Waals surface area contributed by atoms with Crippen molar-refractivity contribution in [3.8, 4) is 11.5 Å². The number of nitrogens with one attached hydrogen (secondary N) is 5. The summed E-state index contributed by atoms with van der Waals surface area (Å²) < 4.78 is 5.85. The molecule has 1 unspecified atom stereocenters. The average Bonchev–Trinajstić information content (AvgIpc) is 3.30. The fraction of sp³-hybridized carbons (Fsp3) is 0.528. The van der Waals surface area contributed by atoms with Crippen molar-refractivity contribution in [2.45, 2.75) is 167 Å². The van der Waals surface area contributed by atoms with Crippen LogP contribution in [0.25, 0.3) is 0 Å². The summed E-state index contributed by atoms with van der Waals surface area (Å²) in [7, 11) is 0. The Kier molecular flexibility index (Phi) is 26.8. The van der Waals surface area contributed by atoms with Gasteiger partial charge in [0.2, 0.25) is 35.4 Å². The molecular formula is C53H76N6O10. The molecule has 0 bridgehead atoms. The summed E-state index contributed by atoms with van der Waals surface area (Å²) in [6.07, 6.45) is 11.1. The van der Waals surface area contributed by atoms with Crippen molar-refractivity contribution in [1.29, 1.82) is 0 Å². The summed E-state index contributed by atoms with van der Waals surface area (Å²) in [6.45, 7) is 5.70. The van der Waals surface area contributed by atoms with Crippen LogP contribution in [0.15, 0.2) is 84.9 Å². The number of para-hydroxylation sites is 1. The largest absolute Gasteiger partial charge is 0.480 e. The molecule has 0 aliphatic carbocycles. The number of carboxylic acids is 1. The van der Waals surface area contributed by atoms with Crippen LogP contribution >= 0.6 is 0 Å². The lowest BCUT2D eigenvalue weighted by Crippen LogP contribution is -2.57. The lowest BCUT2D eigenvalue weighted by molar-refractivity contribution is -0.142. The highest BCUT2D eigenvalue weighted by Gasteiger charge is 2.31. The highest BCUT2D eigenvalue weighted by atomic mass is 16.5. The average molecular weight is 957 g/mol. The van der Waals surface area contributed by atoms with Gasteiger partial charge < -0.3 is 47.3 Å². The van der Waals surface area contributed by atoms with Crippen molar-refractivity contribution in [2.24, 2.45) is 11.7 Å². The second kappa shape index (κ2) is 32.5. The SMILES string of the molecule is CC(C)C[C@H](NC(=O)[C@@H](NC(=O)CCCCCCCCCCCCCCC(=O)N[C@@H](CC(N)=O)C(=O)N[C@@H](Cc1ccccc1)C(=O)O)C(C)O)C(=O)NCCc1ccc(Oc2ccccc2)cc1. The highest BCUT2D eigenvalue weighted by molar-refractivity contribution is 5.94. The van der Waals surface area contributed by atoms with Crippen molar-refractivity contribution in [1.82, 2.24) is 26.6 Å². The maximum absolute atomic E-state index is 13.3. The number of nitrogens with two attached hydrogens (primary N) is 1. The topological polar surface area (TPSA) is 255 Å². The Morgan fingerprint density at radius 2 is 1.04 bits per heavy atom. The van der Waals surface area contributed by atoms with E-state index in [-0.39, 0.29) is 37.0 Å². The Morgan fingerprint density at radius 3 is 1.55 bits per heavy atom. The van der Waals surface area contributed by atoms with Gasteiger partial charge in [-0.15, -0.1) is 0 Å². The molecule has 5 atom stereocenters.